The number of hydrogen-bond acceptors (Lipinski definition) is 3. The molecule has 0 spiro atoms. The van der Waals surface area contributed by atoms with Crippen LogP contribution in [0.4, 0.5) is 0 Å². The summed E-state index contributed by atoms with van der Waals surface area (Å²) in [6, 6.07) is 10.7. The van der Waals surface area contributed by atoms with E-state index in [1.165, 1.54) is 0 Å². The van der Waals surface area contributed by atoms with Crippen LogP contribution in [0.1, 0.15) is 6.92 Å². The van der Waals surface area contributed by atoms with Crippen LogP contribution >= 0.6 is 0 Å². The molecule has 1 aliphatic rings. The van der Waals surface area contributed by atoms with E-state index in [1.54, 1.807) is 0 Å². The molecule has 2 unspecified atom stereocenters. The van der Waals surface area contributed by atoms with Crippen LogP contribution in [-0.4, -0.2) is 31.9 Å². The van der Waals surface area contributed by atoms with Crippen LogP contribution in [0.3, 0.4) is 0 Å². The summed E-state index contributed by atoms with van der Waals surface area (Å²) in [6.45, 7) is 4.57. The number of morpholine rings is 1. The second kappa shape index (κ2) is 5.14. The molecule has 1 aliphatic heterocycles. The predicted molar refractivity (Wildman–Crippen MR) is 58.0 cm³/mol. The Labute approximate surface area is 90.4 Å². The van der Waals surface area contributed by atoms with Gasteiger partial charge in [0.1, 0.15) is 18.0 Å². The highest BCUT2D eigenvalue weighted by atomic mass is 16.5. The molecular weight excluding hydrogens is 190 g/mol. The molecule has 0 aliphatic carbocycles. The normalized spacial score (nSPS) is 23.4. The molecule has 81 valence electrons. The highest BCUT2D eigenvalue weighted by Gasteiger charge is 2.21. The number of ether oxygens (including phenoxy) is 2. The first-order valence-corrected chi connectivity index (χ1v) is 5.32. The summed E-state index contributed by atoms with van der Waals surface area (Å²) in [6.07, 6.45) is 0.184. The lowest BCUT2D eigenvalue weighted by atomic mass is 10.2. The number of rotatable bonds is 3. The molecule has 15 heavy (non-hydrogen) atoms. The van der Waals surface area contributed by atoms with Gasteiger partial charge in [-0.25, -0.2) is 0 Å². The highest BCUT2D eigenvalue weighted by Crippen LogP contribution is 2.13. The SMILES string of the molecule is CC(Oc1[c]cccc1)C1CNCCO1. The van der Waals surface area contributed by atoms with Crippen molar-refractivity contribution < 1.29 is 9.47 Å². The minimum absolute atomic E-state index is 0.0523. The molecule has 1 aromatic rings. The second-order valence-corrected chi connectivity index (χ2v) is 3.66. The average Bonchev–Trinajstić information content (AvgIpc) is 2.31. The summed E-state index contributed by atoms with van der Waals surface area (Å²) in [5, 5.41) is 3.29. The van der Waals surface area contributed by atoms with Crippen LogP contribution in [0.15, 0.2) is 24.3 Å². The van der Waals surface area contributed by atoms with Crippen molar-refractivity contribution in [1.82, 2.24) is 5.32 Å². The van der Waals surface area contributed by atoms with Crippen LogP contribution in [0, 0.1) is 6.07 Å². The van der Waals surface area contributed by atoms with Crippen molar-refractivity contribution in [2.75, 3.05) is 19.7 Å². The van der Waals surface area contributed by atoms with Crippen LogP contribution < -0.4 is 10.1 Å². The van der Waals surface area contributed by atoms with Crippen molar-refractivity contribution in [3.8, 4) is 5.75 Å². The monoisotopic (exact) mass is 206 g/mol. The third-order valence-corrected chi connectivity index (χ3v) is 2.47. The molecule has 1 aromatic carbocycles. The van der Waals surface area contributed by atoms with Gasteiger partial charge in [0, 0.05) is 19.2 Å². The van der Waals surface area contributed by atoms with Gasteiger partial charge in [0.25, 0.3) is 0 Å². The van der Waals surface area contributed by atoms with Gasteiger partial charge >= 0.3 is 0 Å². The Balaban J connectivity index is 1.88. The van der Waals surface area contributed by atoms with Crippen LogP contribution in [0.5, 0.6) is 5.75 Å². The van der Waals surface area contributed by atoms with E-state index in [0.29, 0.717) is 0 Å². The van der Waals surface area contributed by atoms with E-state index >= 15 is 0 Å². The summed E-state index contributed by atoms with van der Waals surface area (Å²) in [5.41, 5.74) is 0. The van der Waals surface area contributed by atoms with E-state index in [-0.39, 0.29) is 12.2 Å². The zero-order valence-corrected chi connectivity index (χ0v) is 8.90. The van der Waals surface area contributed by atoms with Gasteiger partial charge in [-0.3, -0.25) is 0 Å². The van der Waals surface area contributed by atoms with Crippen molar-refractivity contribution in [2.24, 2.45) is 0 Å². The maximum Gasteiger partial charge on any atom is 0.127 e. The zero-order chi connectivity index (χ0) is 10.5. The van der Waals surface area contributed by atoms with Crippen molar-refractivity contribution in [3.05, 3.63) is 30.3 Å². The summed E-state index contributed by atoms with van der Waals surface area (Å²) < 4.78 is 11.3. The van der Waals surface area contributed by atoms with Gasteiger partial charge in [0.2, 0.25) is 0 Å². The predicted octanol–water partition coefficient (Wildman–Crippen LogP) is 1.24. The first-order valence-electron chi connectivity index (χ1n) is 5.32. The summed E-state index contributed by atoms with van der Waals surface area (Å²) in [7, 11) is 0. The summed E-state index contributed by atoms with van der Waals surface area (Å²) in [4.78, 5) is 0. The molecule has 2 atom stereocenters. The standard InChI is InChI=1S/C12H16NO2/c1-10(12-9-13-7-8-14-12)15-11-5-3-2-4-6-11/h2-5,10,12-13H,7-9H2,1H3. The molecule has 0 aromatic heterocycles. The molecule has 3 heteroatoms. The molecule has 0 amide bonds. The summed E-state index contributed by atoms with van der Waals surface area (Å²) in [5.74, 6) is 0.777. The Morgan fingerprint density at radius 1 is 1.60 bits per heavy atom. The van der Waals surface area contributed by atoms with Crippen molar-refractivity contribution in [1.29, 1.82) is 0 Å². The topological polar surface area (TPSA) is 30.5 Å². The third-order valence-electron chi connectivity index (χ3n) is 2.47. The minimum Gasteiger partial charge on any atom is -0.487 e. The van der Waals surface area contributed by atoms with E-state index < -0.39 is 0 Å². The fourth-order valence-corrected chi connectivity index (χ4v) is 1.61. The van der Waals surface area contributed by atoms with Gasteiger partial charge in [-0.05, 0) is 13.0 Å². The van der Waals surface area contributed by atoms with E-state index in [4.69, 9.17) is 9.47 Å². The van der Waals surface area contributed by atoms with E-state index in [9.17, 15) is 0 Å². The smallest absolute Gasteiger partial charge is 0.127 e. The molecule has 1 N–H and O–H groups in total. The number of benzene rings is 1. The maximum absolute atomic E-state index is 5.73. The third kappa shape index (κ3) is 2.94. The van der Waals surface area contributed by atoms with Crippen molar-refractivity contribution >= 4 is 0 Å². The van der Waals surface area contributed by atoms with Gasteiger partial charge in [-0.15, -0.1) is 0 Å². The van der Waals surface area contributed by atoms with E-state index in [2.05, 4.69) is 11.4 Å². The Hall–Kier alpha value is -1.06. The van der Waals surface area contributed by atoms with E-state index in [1.807, 2.05) is 31.2 Å². The Kier molecular flexibility index (Phi) is 3.59. The zero-order valence-electron chi connectivity index (χ0n) is 8.90. The molecule has 3 nitrogen and oxygen atoms in total. The van der Waals surface area contributed by atoms with Gasteiger partial charge in [0.05, 0.1) is 6.61 Å². The highest BCUT2D eigenvalue weighted by molar-refractivity contribution is 5.19. The molecule has 2 rings (SSSR count). The average molecular weight is 206 g/mol. The quantitative estimate of drug-likeness (QED) is 0.807. The lowest BCUT2D eigenvalue weighted by Gasteiger charge is -2.28. The van der Waals surface area contributed by atoms with Gasteiger partial charge in [-0.1, -0.05) is 18.2 Å². The molecular formula is C12H16NO2. The number of para-hydroxylation sites is 1. The Morgan fingerprint density at radius 3 is 3.20 bits per heavy atom. The van der Waals surface area contributed by atoms with Gasteiger partial charge in [0.15, 0.2) is 0 Å². The Morgan fingerprint density at radius 2 is 2.53 bits per heavy atom. The lowest BCUT2D eigenvalue weighted by molar-refractivity contribution is -0.0351. The molecule has 1 saturated heterocycles. The Bertz CT molecular complexity index is 283. The van der Waals surface area contributed by atoms with Crippen LogP contribution in [0.2, 0.25) is 0 Å². The first-order chi connectivity index (χ1) is 7.36. The fourth-order valence-electron chi connectivity index (χ4n) is 1.61. The van der Waals surface area contributed by atoms with Crippen LogP contribution in [0.25, 0.3) is 0 Å². The van der Waals surface area contributed by atoms with Gasteiger partial charge in [-0.2, -0.15) is 0 Å². The molecule has 1 radical (unpaired) electrons. The minimum atomic E-state index is 0.0523. The maximum atomic E-state index is 5.73. The summed E-state index contributed by atoms with van der Waals surface area (Å²) >= 11 is 0. The molecule has 0 bridgehead atoms. The van der Waals surface area contributed by atoms with Gasteiger partial charge < -0.3 is 14.8 Å². The largest absolute Gasteiger partial charge is 0.487 e. The number of hydrogen-bond donors (Lipinski definition) is 1. The second-order valence-electron chi connectivity index (χ2n) is 3.66. The lowest BCUT2D eigenvalue weighted by Crippen LogP contribution is -2.46. The van der Waals surface area contributed by atoms with Crippen molar-refractivity contribution in [3.63, 3.8) is 0 Å². The first kappa shape index (κ1) is 10.5. The van der Waals surface area contributed by atoms with Crippen LogP contribution in [-0.2, 0) is 4.74 Å². The molecule has 1 fully saturated rings. The molecule has 0 saturated carbocycles. The number of nitrogens with one attached hydrogen (secondary N) is 1. The fraction of sp³-hybridized carbons (Fsp3) is 0.500. The molecule has 1 heterocycles. The van der Waals surface area contributed by atoms with Crippen molar-refractivity contribution in [2.45, 2.75) is 19.1 Å². The van der Waals surface area contributed by atoms with E-state index in [0.717, 1.165) is 25.4 Å².